The number of nitrogens with one attached hydrogen (secondary N) is 2. The molecule has 0 saturated heterocycles. The van der Waals surface area contributed by atoms with Crippen LogP contribution in [-0.2, 0) is 16.6 Å². The quantitative estimate of drug-likeness (QED) is 0.844. The fourth-order valence-electron chi connectivity index (χ4n) is 1.71. The summed E-state index contributed by atoms with van der Waals surface area (Å²) in [6.07, 6.45) is 1.12. The highest BCUT2D eigenvalue weighted by atomic mass is 35.5. The van der Waals surface area contributed by atoms with Crippen LogP contribution >= 0.6 is 11.6 Å². The van der Waals surface area contributed by atoms with E-state index in [2.05, 4.69) is 10.0 Å². The molecule has 0 heterocycles. The van der Waals surface area contributed by atoms with E-state index in [-0.39, 0.29) is 5.82 Å². The fourth-order valence-corrected chi connectivity index (χ4v) is 3.02. The van der Waals surface area contributed by atoms with Crippen LogP contribution in [-0.4, -0.2) is 26.8 Å². The highest BCUT2D eigenvalue weighted by molar-refractivity contribution is 7.88. The van der Waals surface area contributed by atoms with Gasteiger partial charge >= 0.3 is 0 Å². The molecule has 0 radical (unpaired) electrons. The van der Waals surface area contributed by atoms with Crippen molar-refractivity contribution in [2.45, 2.75) is 25.9 Å². The summed E-state index contributed by atoms with van der Waals surface area (Å²) >= 11 is 5.89. The van der Waals surface area contributed by atoms with Crippen molar-refractivity contribution >= 4 is 21.6 Å². The van der Waals surface area contributed by atoms with Gasteiger partial charge in [0.2, 0.25) is 10.0 Å². The number of sulfonamides is 1. The molecule has 0 unspecified atom stereocenters. The Balaban J connectivity index is 2.54. The van der Waals surface area contributed by atoms with Crippen molar-refractivity contribution in [2.24, 2.45) is 0 Å². The van der Waals surface area contributed by atoms with Gasteiger partial charge in [0.25, 0.3) is 0 Å². The largest absolute Gasteiger partial charge is 0.311 e. The predicted molar refractivity (Wildman–Crippen MR) is 75.2 cm³/mol. The monoisotopic (exact) mass is 308 g/mol. The summed E-state index contributed by atoms with van der Waals surface area (Å²) in [5.41, 5.74) is 0.151. The van der Waals surface area contributed by atoms with Gasteiger partial charge in [-0.2, -0.15) is 0 Å². The first-order valence-corrected chi connectivity index (χ1v) is 8.00. The van der Waals surface area contributed by atoms with E-state index in [0.717, 1.165) is 11.8 Å². The third-order valence-electron chi connectivity index (χ3n) is 2.36. The van der Waals surface area contributed by atoms with Crippen LogP contribution in [0.2, 0.25) is 5.02 Å². The molecular weight excluding hydrogens is 291 g/mol. The molecule has 0 bridgehead atoms. The van der Waals surface area contributed by atoms with Crippen molar-refractivity contribution in [3.63, 3.8) is 0 Å². The average molecular weight is 309 g/mol. The minimum atomic E-state index is -3.26. The summed E-state index contributed by atoms with van der Waals surface area (Å²) in [4.78, 5) is 0. The lowest BCUT2D eigenvalue weighted by molar-refractivity contribution is 0.421. The third kappa shape index (κ3) is 6.33. The van der Waals surface area contributed by atoms with E-state index in [1.807, 2.05) is 0 Å². The molecule has 2 N–H and O–H groups in total. The lowest BCUT2D eigenvalue weighted by Gasteiger charge is -2.25. The molecule has 0 aliphatic carbocycles. The zero-order valence-electron chi connectivity index (χ0n) is 11.1. The van der Waals surface area contributed by atoms with Gasteiger partial charge in [0, 0.05) is 23.7 Å². The Morgan fingerprint density at radius 2 is 2.00 bits per heavy atom. The van der Waals surface area contributed by atoms with Crippen molar-refractivity contribution in [1.82, 2.24) is 10.0 Å². The molecule has 0 fully saturated rings. The molecule has 19 heavy (non-hydrogen) atoms. The van der Waals surface area contributed by atoms with Crippen LogP contribution in [0.1, 0.15) is 19.4 Å². The molecule has 1 rings (SSSR count). The van der Waals surface area contributed by atoms with Crippen LogP contribution in [0.15, 0.2) is 18.2 Å². The van der Waals surface area contributed by atoms with Gasteiger partial charge in [0.1, 0.15) is 5.82 Å². The third-order valence-corrected chi connectivity index (χ3v) is 3.63. The Morgan fingerprint density at radius 1 is 1.37 bits per heavy atom. The number of hydrogen-bond acceptors (Lipinski definition) is 3. The van der Waals surface area contributed by atoms with E-state index < -0.39 is 15.6 Å². The van der Waals surface area contributed by atoms with Gasteiger partial charge in [0.05, 0.1) is 6.26 Å². The van der Waals surface area contributed by atoms with E-state index in [1.54, 1.807) is 19.9 Å². The second-order valence-corrected chi connectivity index (χ2v) is 7.25. The normalized spacial score (nSPS) is 12.7. The van der Waals surface area contributed by atoms with Crippen LogP contribution in [0.4, 0.5) is 4.39 Å². The molecule has 7 heteroatoms. The Hall–Kier alpha value is -0.690. The van der Waals surface area contributed by atoms with E-state index in [1.165, 1.54) is 12.1 Å². The maximum Gasteiger partial charge on any atom is 0.209 e. The van der Waals surface area contributed by atoms with Crippen molar-refractivity contribution in [2.75, 3.05) is 12.8 Å². The molecule has 0 aliphatic heterocycles. The number of hydrogen-bond donors (Lipinski definition) is 2. The first kappa shape index (κ1) is 16.4. The molecule has 0 aromatic heterocycles. The van der Waals surface area contributed by atoms with E-state index in [9.17, 15) is 12.8 Å². The number of benzene rings is 1. The fraction of sp³-hybridized carbons (Fsp3) is 0.500. The smallest absolute Gasteiger partial charge is 0.209 e. The minimum absolute atomic E-state index is 0.348. The second-order valence-electron chi connectivity index (χ2n) is 5.10. The summed E-state index contributed by atoms with van der Waals surface area (Å²) < 4.78 is 37.7. The van der Waals surface area contributed by atoms with Crippen LogP contribution in [0.5, 0.6) is 0 Å². The molecule has 0 amide bonds. The summed E-state index contributed by atoms with van der Waals surface area (Å²) in [5, 5.41) is 3.44. The summed E-state index contributed by atoms with van der Waals surface area (Å²) in [6, 6.07) is 4.18. The zero-order valence-corrected chi connectivity index (χ0v) is 12.7. The van der Waals surface area contributed by atoms with Crippen molar-refractivity contribution in [1.29, 1.82) is 0 Å². The Bertz CT molecular complexity index is 547. The molecule has 0 atom stereocenters. The molecule has 4 nitrogen and oxygen atoms in total. The predicted octanol–water partition coefficient (Wildman–Crippen LogP) is 1.90. The Kier molecular flexibility index (Phi) is 5.32. The van der Waals surface area contributed by atoms with E-state index in [4.69, 9.17) is 11.6 Å². The summed E-state index contributed by atoms with van der Waals surface area (Å²) in [7, 11) is -3.26. The van der Waals surface area contributed by atoms with Crippen molar-refractivity contribution in [3.05, 3.63) is 34.6 Å². The Morgan fingerprint density at radius 3 is 2.53 bits per heavy atom. The molecule has 0 saturated carbocycles. The molecule has 0 spiro atoms. The van der Waals surface area contributed by atoms with Gasteiger partial charge in [-0.3, -0.25) is 0 Å². The number of halogens is 2. The van der Waals surface area contributed by atoms with E-state index >= 15 is 0 Å². The highest BCUT2D eigenvalue weighted by Crippen LogP contribution is 2.17. The SMILES string of the molecule is CC(C)(CNCc1ccc(F)cc1Cl)NS(C)(=O)=O. The molecular formula is C12H18ClFN2O2S. The van der Waals surface area contributed by atoms with Gasteiger partial charge in [-0.25, -0.2) is 17.5 Å². The first-order valence-electron chi connectivity index (χ1n) is 5.73. The van der Waals surface area contributed by atoms with Crippen LogP contribution in [0, 0.1) is 5.82 Å². The molecule has 1 aromatic rings. The van der Waals surface area contributed by atoms with Crippen LogP contribution in [0.25, 0.3) is 0 Å². The molecule has 1 aromatic carbocycles. The standard InChI is InChI=1S/C12H18ClFN2O2S/c1-12(2,16-19(3,17)18)8-15-7-9-4-5-10(14)6-11(9)13/h4-6,15-16H,7-8H2,1-3H3. The first-order chi connectivity index (χ1) is 8.59. The number of rotatable bonds is 6. The summed E-state index contributed by atoms with van der Waals surface area (Å²) in [6.45, 7) is 4.41. The Labute approximate surface area is 118 Å². The maximum absolute atomic E-state index is 12.9. The van der Waals surface area contributed by atoms with Crippen molar-refractivity contribution < 1.29 is 12.8 Å². The van der Waals surface area contributed by atoms with Gasteiger partial charge in [-0.1, -0.05) is 17.7 Å². The highest BCUT2D eigenvalue weighted by Gasteiger charge is 2.21. The lowest BCUT2D eigenvalue weighted by atomic mass is 10.1. The minimum Gasteiger partial charge on any atom is -0.311 e. The van der Waals surface area contributed by atoms with Crippen LogP contribution < -0.4 is 10.0 Å². The summed E-state index contributed by atoms with van der Waals surface area (Å²) in [5.74, 6) is -0.382. The van der Waals surface area contributed by atoms with Gasteiger partial charge in [-0.05, 0) is 31.5 Å². The maximum atomic E-state index is 12.9. The van der Waals surface area contributed by atoms with E-state index in [0.29, 0.717) is 18.1 Å². The van der Waals surface area contributed by atoms with Gasteiger partial charge in [0.15, 0.2) is 0 Å². The average Bonchev–Trinajstić information content (AvgIpc) is 2.17. The topological polar surface area (TPSA) is 58.2 Å². The molecule has 108 valence electrons. The van der Waals surface area contributed by atoms with Crippen LogP contribution in [0.3, 0.4) is 0 Å². The van der Waals surface area contributed by atoms with Crippen molar-refractivity contribution in [3.8, 4) is 0 Å². The van der Waals surface area contributed by atoms with Gasteiger partial charge in [-0.15, -0.1) is 0 Å². The lowest BCUT2D eigenvalue weighted by Crippen LogP contribution is -2.49. The van der Waals surface area contributed by atoms with Gasteiger partial charge < -0.3 is 5.32 Å². The molecule has 0 aliphatic rings. The second kappa shape index (κ2) is 6.17. The zero-order chi connectivity index (χ0) is 14.7.